The highest BCUT2D eigenvalue weighted by Gasteiger charge is 2.04. The number of benzene rings is 1. The van der Waals surface area contributed by atoms with Gasteiger partial charge in [0.2, 0.25) is 5.91 Å². The standard InChI is InChI=1S/C15H15ClN2O/c1-11-3-2-4-12(9-11)5-6-15(19)18-13-7-8-17-14(16)10-13/h2-4,7-10H,5-6H2,1H3,(H,17,18,19). The fourth-order valence-electron chi connectivity index (χ4n) is 1.83. The van der Waals surface area contributed by atoms with Gasteiger partial charge in [0, 0.05) is 18.3 Å². The van der Waals surface area contributed by atoms with Gasteiger partial charge in [0.1, 0.15) is 5.15 Å². The topological polar surface area (TPSA) is 42.0 Å². The van der Waals surface area contributed by atoms with Crippen LogP contribution in [0.25, 0.3) is 0 Å². The fraction of sp³-hybridized carbons (Fsp3) is 0.200. The molecule has 1 N–H and O–H groups in total. The van der Waals surface area contributed by atoms with E-state index in [0.29, 0.717) is 17.3 Å². The third-order valence-corrected chi connectivity index (χ3v) is 2.94. The van der Waals surface area contributed by atoms with Crippen molar-refractivity contribution in [2.75, 3.05) is 5.32 Å². The van der Waals surface area contributed by atoms with Crippen LogP contribution in [0.5, 0.6) is 0 Å². The smallest absolute Gasteiger partial charge is 0.224 e. The van der Waals surface area contributed by atoms with E-state index in [0.717, 1.165) is 6.42 Å². The van der Waals surface area contributed by atoms with Crippen LogP contribution in [0.2, 0.25) is 5.15 Å². The van der Waals surface area contributed by atoms with E-state index in [1.165, 1.54) is 11.1 Å². The first-order valence-electron chi connectivity index (χ1n) is 6.10. The lowest BCUT2D eigenvalue weighted by atomic mass is 10.1. The first-order chi connectivity index (χ1) is 9.13. The van der Waals surface area contributed by atoms with Crippen LogP contribution in [0.1, 0.15) is 17.5 Å². The number of pyridine rings is 1. The number of carbonyl (C=O) groups is 1. The number of nitrogens with one attached hydrogen (secondary N) is 1. The Morgan fingerprint density at radius 1 is 1.32 bits per heavy atom. The van der Waals surface area contributed by atoms with Gasteiger partial charge in [-0.25, -0.2) is 4.98 Å². The molecule has 2 rings (SSSR count). The van der Waals surface area contributed by atoms with Gasteiger partial charge >= 0.3 is 0 Å². The number of aryl methyl sites for hydroxylation is 2. The monoisotopic (exact) mass is 274 g/mol. The van der Waals surface area contributed by atoms with Crippen molar-refractivity contribution in [1.82, 2.24) is 4.98 Å². The average molecular weight is 275 g/mol. The summed E-state index contributed by atoms with van der Waals surface area (Å²) in [4.78, 5) is 15.7. The molecule has 0 atom stereocenters. The predicted molar refractivity (Wildman–Crippen MR) is 77.4 cm³/mol. The van der Waals surface area contributed by atoms with Gasteiger partial charge in [-0.15, -0.1) is 0 Å². The van der Waals surface area contributed by atoms with Crippen molar-refractivity contribution in [3.8, 4) is 0 Å². The summed E-state index contributed by atoms with van der Waals surface area (Å²) in [5, 5.41) is 3.18. The quantitative estimate of drug-likeness (QED) is 0.866. The van der Waals surface area contributed by atoms with E-state index >= 15 is 0 Å². The van der Waals surface area contributed by atoms with Crippen LogP contribution in [0.3, 0.4) is 0 Å². The summed E-state index contributed by atoms with van der Waals surface area (Å²) in [6.45, 7) is 2.04. The lowest BCUT2D eigenvalue weighted by molar-refractivity contribution is -0.116. The number of aromatic nitrogens is 1. The first-order valence-corrected chi connectivity index (χ1v) is 6.48. The molecule has 0 radical (unpaired) electrons. The number of nitrogens with zero attached hydrogens (tertiary/aromatic N) is 1. The second-order valence-corrected chi connectivity index (χ2v) is 4.79. The summed E-state index contributed by atoms with van der Waals surface area (Å²) < 4.78 is 0. The van der Waals surface area contributed by atoms with E-state index in [1.807, 2.05) is 25.1 Å². The Balaban J connectivity index is 1.88. The second-order valence-electron chi connectivity index (χ2n) is 4.40. The molecule has 1 aromatic carbocycles. The first kappa shape index (κ1) is 13.6. The molecule has 0 spiro atoms. The summed E-state index contributed by atoms with van der Waals surface area (Å²) in [7, 11) is 0. The van der Waals surface area contributed by atoms with Gasteiger partial charge in [-0.05, 0) is 31.0 Å². The molecule has 4 heteroatoms. The molecular weight excluding hydrogens is 260 g/mol. The average Bonchev–Trinajstić information content (AvgIpc) is 2.36. The molecule has 19 heavy (non-hydrogen) atoms. The summed E-state index contributed by atoms with van der Waals surface area (Å²) in [5.74, 6) is -0.0243. The molecular formula is C15H15ClN2O. The van der Waals surface area contributed by atoms with Gasteiger partial charge in [-0.2, -0.15) is 0 Å². The number of anilines is 1. The third kappa shape index (κ3) is 4.38. The fourth-order valence-corrected chi connectivity index (χ4v) is 2.00. The molecule has 3 nitrogen and oxygen atoms in total. The Bertz CT molecular complexity index is 584. The third-order valence-electron chi connectivity index (χ3n) is 2.73. The van der Waals surface area contributed by atoms with Crippen molar-refractivity contribution in [3.05, 3.63) is 58.9 Å². The van der Waals surface area contributed by atoms with E-state index in [-0.39, 0.29) is 5.91 Å². The number of rotatable bonds is 4. The van der Waals surface area contributed by atoms with Crippen molar-refractivity contribution < 1.29 is 4.79 Å². The predicted octanol–water partition coefficient (Wildman–Crippen LogP) is 3.61. The molecule has 0 saturated carbocycles. The summed E-state index contributed by atoms with van der Waals surface area (Å²) >= 11 is 5.76. The second kappa shape index (κ2) is 6.34. The molecule has 2 aromatic rings. The number of hydrogen-bond donors (Lipinski definition) is 1. The Hall–Kier alpha value is -1.87. The largest absolute Gasteiger partial charge is 0.326 e. The van der Waals surface area contributed by atoms with E-state index in [2.05, 4.69) is 16.4 Å². The molecule has 0 aliphatic carbocycles. The van der Waals surface area contributed by atoms with Gasteiger partial charge in [0.25, 0.3) is 0 Å². The van der Waals surface area contributed by atoms with Crippen LogP contribution in [0, 0.1) is 6.92 Å². The molecule has 0 aliphatic rings. The minimum absolute atomic E-state index is 0.0243. The molecule has 0 unspecified atom stereocenters. The van der Waals surface area contributed by atoms with Gasteiger partial charge in [0.05, 0.1) is 0 Å². The highest BCUT2D eigenvalue weighted by molar-refractivity contribution is 6.29. The highest BCUT2D eigenvalue weighted by Crippen LogP contribution is 2.13. The van der Waals surface area contributed by atoms with Crippen LogP contribution in [0.15, 0.2) is 42.6 Å². The zero-order valence-corrected chi connectivity index (χ0v) is 11.4. The van der Waals surface area contributed by atoms with Crippen LogP contribution >= 0.6 is 11.6 Å². The molecule has 98 valence electrons. The summed E-state index contributed by atoms with van der Waals surface area (Å²) in [6, 6.07) is 11.5. The maximum Gasteiger partial charge on any atom is 0.224 e. The zero-order valence-electron chi connectivity index (χ0n) is 10.7. The Labute approximate surface area is 117 Å². The molecule has 0 fully saturated rings. The lowest BCUT2D eigenvalue weighted by Gasteiger charge is -2.06. The Kier molecular flexibility index (Phi) is 4.53. The minimum atomic E-state index is -0.0243. The molecule has 0 saturated heterocycles. The van der Waals surface area contributed by atoms with Crippen molar-refractivity contribution >= 4 is 23.2 Å². The Morgan fingerprint density at radius 3 is 2.89 bits per heavy atom. The maximum atomic E-state index is 11.8. The van der Waals surface area contributed by atoms with Crippen molar-refractivity contribution in [2.45, 2.75) is 19.8 Å². The number of hydrogen-bond acceptors (Lipinski definition) is 2. The van der Waals surface area contributed by atoms with E-state index in [9.17, 15) is 4.79 Å². The summed E-state index contributed by atoms with van der Waals surface area (Å²) in [6.07, 6.45) is 2.74. The Morgan fingerprint density at radius 2 is 2.16 bits per heavy atom. The SMILES string of the molecule is Cc1cccc(CCC(=O)Nc2ccnc(Cl)c2)c1. The van der Waals surface area contributed by atoms with E-state index < -0.39 is 0 Å². The van der Waals surface area contributed by atoms with Crippen LogP contribution in [-0.4, -0.2) is 10.9 Å². The number of halogens is 1. The van der Waals surface area contributed by atoms with Crippen LogP contribution in [0.4, 0.5) is 5.69 Å². The number of amides is 1. The van der Waals surface area contributed by atoms with Gasteiger partial charge in [0.15, 0.2) is 0 Å². The van der Waals surface area contributed by atoms with Crippen LogP contribution < -0.4 is 5.32 Å². The zero-order chi connectivity index (χ0) is 13.7. The van der Waals surface area contributed by atoms with Crippen molar-refractivity contribution in [1.29, 1.82) is 0 Å². The van der Waals surface area contributed by atoms with E-state index in [4.69, 9.17) is 11.6 Å². The van der Waals surface area contributed by atoms with Crippen molar-refractivity contribution in [2.24, 2.45) is 0 Å². The van der Waals surface area contributed by atoms with Crippen LogP contribution in [-0.2, 0) is 11.2 Å². The van der Waals surface area contributed by atoms with Gasteiger partial charge in [-0.3, -0.25) is 4.79 Å². The lowest BCUT2D eigenvalue weighted by Crippen LogP contribution is -2.12. The highest BCUT2D eigenvalue weighted by atomic mass is 35.5. The number of carbonyl (C=O) groups excluding carboxylic acids is 1. The van der Waals surface area contributed by atoms with Gasteiger partial charge < -0.3 is 5.32 Å². The van der Waals surface area contributed by atoms with E-state index in [1.54, 1.807) is 18.3 Å². The normalized spacial score (nSPS) is 10.2. The molecule has 1 amide bonds. The van der Waals surface area contributed by atoms with Gasteiger partial charge in [-0.1, -0.05) is 41.4 Å². The molecule has 1 aromatic heterocycles. The molecule has 1 heterocycles. The maximum absolute atomic E-state index is 11.8. The molecule has 0 bridgehead atoms. The van der Waals surface area contributed by atoms with Crippen molar-refractivity contribution in [3.63, 3.8) is 0 Å². The minimum Gasteiger partial charge on any atom is -0.326 e. The molecule has 0 aliphatic heterocycles. The summed E-state index contributed by atoms with van der Waals surface area (Å²) in [5.41, 5.74) is 3.05.